The Kier molecular flexibility index (Phi) is 6.19. The molecule has 6 nitrogen and oxygen atoms in total. The lowest BCUT2D eigenvalue weighted by molar-refractivity contribution is -0.118. The highest BCUT2D eigenvalue weighted by molar-refractivity contribution is 5.93. The van der Waals surface area contributed by atoms with E-state index in [2.05, 4.69) is 5.32 Å². The summed E-state index contributed by atoms with van der Waals surface area (Å²) in [4.78, 5) is 23.2. The van der Waals surface area contributed by atoms with Crippen molar-refractivity contribution in [2.45, 2.75) is 6.92 Å². The number of carbonyl (C=O) groups is 2. The minimum absolute atomic E-state index is 0.229. The Morgan fingerprint density at radius 3 is 2.62 bits per heavy atom. The lowest BCUT2D eigenvalue weighted by Gasteiger charge is -2.12. The number of nitrogens with one attached hydrogen (secondary N) is 1. The van der Waals surface area contributed by atoms with E-state index in [-0.39, 0.29) is 12.5 Å². The third-order valence-corrected chi connectivity index (χ3v) is 3.16. The summed E-state index contributed by atoms with van der Waals surface area (Å²) in [5, 5.41) is 2.72. The zero-order valence-electron chi connectivity index (χ0n) is 13.6. The largest absolute Gasteiger partial charge is 0.497 e. The smallest absolute Gasteiger partial charge is 0.262 e. The van der Waals surface area contributed by atoms with Crippen LogP contribution in [0.5, 0.6) is 17.2 Å². The van der Waals surface area contributed by atoms with Gasteiger partial charge in [0.2, 0.25) is 0 Å². The van der Waals surface area contributed by atoms with Gasteiger partial charge in [0.15, 0.2) is 12.9 Å². The molecule has 0 aromatic heterocycles. The van der Waals surface area contributed by atoms with Crippen LogP contribution in [0, 0.1) is 0 Å². The molecule has 1 N–H and O–H groups in total. The molecule has 0 atom stereocenters. The van der Waals surface area contributed by atoms with Crippen molar-refractivity contribution in [1.82, 2.24) is 0 Å². The van der Waals surface area contributed by atoms with Crippen molar-refractivity contribution in [3.63, 3.8) is 0 Å². The van der Waals surface area contributed by atoms with Gasteiger partial charge in [-0.3, -0.25) is 9.59 Å². The molecule has 2 aromatic rings. The number of anilines is 1. The SMILES string of the molecule is CCOc1ccccc1NC(=O)COc1ccc(OC)cc1C=O. The van der Waals surface area contributed by atoms with Crippen molar-refractivity contribution >= 4 is 17.9 Å². The maximum atomic E-state index is 12.1. The molecule has 126 valence electrons. The first-order chi connectivity index (χ1) is 11.7. The van der Waals surface area contributed by atoms with Crippen LogP contribution in [0.1, 0.15) is 17.3 Å². The number of hydrogen-bond acceptors (Lipinski definition) is 5. The lowest BCUT2D eigenvalue weighted by Crippen LogP contribution is -2.21. The van der Waals surface area contributed by atoms with Crippen LogP contribution in [-0.2, 0) is 4.79 Å². The average molecular weight is 329 g/mol. The number of benzene rings is 2. The Balaban J connectivity index is 2.00. The van der Waals surface area contributed by atoms with Gasteiger partial charge in [0, 0.05) is 0 Å². The van der Waals surface area contributed by atoms with Crippen LogP contribution in [0.3, 0.4) is 0 Å². The highest BCUT2D eigenvalue weighted by Gasteiger charge is 2.10. The number of para-hydroxylation sites is 2. The van der Waals surface area contributed by atoms with E-state index in [1.165, 1.54) is 7.11 Å². The Morgan fingerprint density at radius 1 is 1.12 bits per heavy atom. The summed E-state index contributed by atoms with van der Waals surface area (Å²) in [6.45, 7) is 2.14. The van der Waals surface area contributed by atoms with Crippen molar-refractivity contribution in [1.29, 1.82) is 0 Å². The molecule has 0 saturated heterocycles. The number of ether oxygens (including phenoxy) is 3. The monoisotopic (exact) mass is 329 g/mol. The van der Waals surface area contributed by atoms with Gasteiger partial charge in [0.25, 0.3) is 5.91 Å². The van der Waals surface area contributed by atoms with Gasteiger partial charge in [-0.15, -0.1) is 0 Å². The van der Waals surface area contributed by atoms with E-state index in [1.54, 1.807) is 36.4 Å². The van der Waals surface area contributed by atoms with E-state index in [4.69, 9.17) is 14.2 Å². The fourth-order valence-electron chi connectivity index (χ4n) is 2.06. The number of aldehydes is 1. The molecule has 0 aliphatic heterocycles. The van der Waals surface area contributed by atoms with Gasteiger partial charge in [0.05, 0.1) is 25.0 Å². The van der Waals surface area contributed by atoms with Gasteiger partial charge in [0.1, 0.15) is 17.2 Å². The van der Waals surface area contributed by atoms with E-state index >= 15 is 0 Å². The predicted octanol–water partition coefficient (Wildman–Crippen LogP) is 2.92. The summed E-state index contributed by atoms with van der Waals surface area (Å²) >= 11 is 0. The first-order valence-electron chi connectivity index (χ1n) is 7.45. The molecule has 2 aromatic carbocycles. The number of amides is 1. The molecule has 0 saturated carbocycles. The second kappa shape index (κ2) is 8.57. The molecule has 0 aliphatic rings. The van der Waals surface area contributed by atoms with E-state index in [9.17, 15) is 9.59 Å². The number of rotatable bonds is 8. The van der Waals surface area contributed by atoms with Gasteiger partial charge in [-0.25, -0.2) is 0 Å². The maximum absolute atomic E-state index is 12.1. The molecule has 0 spiro atoms. The second-order valence-electron chi connectivity index (χ2n) is 4.79. The van der Waals surface area contributed by atoms with Crippen LogP contribution in [0.4, 0.5) is 5.69 Å². The van der Waals surface area contributed by atoms with Crippen LogP contribution in [0.15, 0.2) is 42.5 Å². The first kappa shape index (κ1) is 17.3. The molecule has 2 rings (SSSR count). The third kappa shape index (κ3) is 4.49. The Morgan fingerprint density at radius 2 is 1.92 bits per heavy atom. The summed E-state index contributed by atoms with van der Waals surface area (Å²) in [6, 6.07) is 11.9. The summed E-state index contributed by atoms with van der Waals surface area (Å²) in [6.07, 6.45) is 0.653. The van der Waals surface area contributed by atoms with E-state index in [1.807, 2.05) is 13.0 Å². The quantitative estimate of drug-likeness (QED) is 0.754. The van der Waals surface area contributed by atoms with Crippen LogP contribution < -0.4 is 19.5 Å². The molecular formula is C18H19NO5. The maximum Gasteiger partial charge on any atom is 0.262 e. The van der Waals surface area contributed by atoms with Crippen LogP contribution in [0.2, 0.25) is 0 Å². The van der Waals surface area contributed by atoms with Crippen molar-refractivity contribution < 1.29 is 23.8 Å². The lowest BCUT2D eigenvalue weighted by atomic mass is 10.2. The normalized spacial score (nSPS) is 9.92. The van der Waals surface area contributed by atoms with E-state index in [0.29, 0.717) is 41.4 Å². The highest BCUT2D eigenvalue weighted by Crippen LogP contribution is 2.24. The topological polar surface area (TPSA) is 73.9 Å². The molecule has 24 heavy (non-hydrogen) atoms. The molecular weight excluding hydrogens is 310 g/mol. The van der Waals surface area contributed by atoms with Crippen molar-refractivity contribution in [3.05, 3.63) is 48.0 Å². The van der Waals surface area contributed by atoms with Crippen molar-refractivity contribution in [2.75, 3.05) is 25.6 Å². The third-order valence-electron chi connectivity index (χ3n) is 3.16. The zero-order valence-corrected chi connectivity index (χ0v) is 13.6. The van der Waals surface area contributed by atoms with Crippen LogP contribution in [0.25, 0.3) is 0 Å². The Labute approximate surface area is 140 Å². The zero-order chi connectivity index (χ0) is 17.4. The van der Waals surface area contributed by atoms with Gasteiger partial charge in [-0.2, -0.15) is 0 Å². The predicted molar refractivity (Wildman–Crippen MR) is 90.1 cm³/mol. The Hall–Kier alpha value is -3.02. The first-order valence-corrected chi connectivity index (χ1v) is 7.45. The van der Waals surface area contributed by atoms with E-state index < -0.39 is 0 Å². The summed E-state index contributed by atoms with van der Waals surface area (Å²) < 4.78 is 15.9. The van der Waals surface area contributed by atoms with Crippen molar-refractivity contribution in [2.24, 2.45) is 0 Å². The number of hydrogen-bond donors (Lipinski definition) is 1. The molecule has 0 aliphatic carbocycles. The molecule has 1 amide bonds. The number of methoxy groups -OCH3 is 1. The standard InChI is InChI=1S/C18H19NO5/c1-3-23-17-7-5-4-6-15(17)19-18(21)12-24-16-9-8-14(22-2)10-13(16)11-20/h4-11H,3,12H2,1-2H3,(H,19,21). The van der Waals surface area contributed by atoms with Gasteiger partial charge in [-0.1, -0.05) is 12.1 Å². The van der Waals surface area contributed by atoms with Gasteiger partial charge >= 0.3 is 0 Å². The minimum atomic E-state index is -0.352. The summed E-state index contributed by atoms with van der Waals surface area (Å²) in [7, 11) is 1.51. The minimum Gasteiger partial charge on any atom is -0.497 e. The second-order valence-corrected chi connectivity index (χ2v) is 4.79. The van der Waals surface area contributed by atoms with Crippen LogP contribution >= 0.6 is 0 Å². The average Bonchev–Trinajstić information content (AvgIpc) is 2.61. The number of carbonyl (C=O) groups excluding carboxylic acids is 2. The van der Waals surface area contributed by atoms with Gasteiger partial charge in [-0.05, 0) is 37.3 Å². The molecule has 0 bridgehead atoms. The summed E-state index contributed by atoms with van der Waals surface area (Å²) in [5.74, 6) is 1.10. The van der Waals surface area contributed by atoms with Crippen LogP contribution in [-0.4, -0.2) is 32.5 Å². The molecule has 0 fully saturated rings. The van der Waals surface area contributed by atoms with E-state index in [0.717, 1.165) is 0 Å². The Bertz CT molecular complexity index is 714. The fourth-order valence-corrected chi connectivity index (χ4v) is 2.06. The molecule has 0 unspecified atom stereocenters. The fraction of sp³-hybridized carbons (Fsp3) is 0.222. The molecule has 6 heteroatoms. The summed E-state index contributed by atoms with van der Waals surface area (Å²) in [5.41, 5.74) is 0.884. The van der Waals surface area contributed by atoms with Crippen molar-refractivity contribution in [3.8, 4) is 17.2 Å². The van der Waals surface area contributed by atoms with Gasteiger partial charge < -0.3 is 19.5 Å². The molecule has 0 heterocycles. The highest BCUT2D eigenvalue weighted by atomic mass is 16.5. The molecule has 0 radical (unpaired) electrons.